The van der Waals surface area contributed by atoms with E-state index in [9.17, 15) is 9.90 Å². The number of phenols is 1. The molecule has 0 aliphatic carbocycles. The van der Waals surface area contributed by atoms with Crippen LogP contribution in [0, 0.1) is 0 Å². The average molecular weight is 303 g/mol. The Morgan fingerprint density at radius 2 is 1.95 bits per heavy atom. The van der Waals surface area contributed by atoms with Gasteiger partial charge >= 0.3 is 0 Å². The lowest BCUT2D eigenvalue weighted by Gasteiger charge is -1.97. The fraction of sp³-hybridized carbons (Fsp3) is 0. The van der Waals surface area contributed by atoms with E-state index >= 15 is 0 Å². The minimum absolute atomic E-state index is 0.204. The maximum Gasteiger partial charge on any atom is 0.263 e. The summed E-state index contributed by atoms with van der Waals surface area (Å²) in [7, 11) is 0. The molecule has 0 radical (unpaired) electrons. The van der Waals surface area contributed by atoms with Gasteiger partial charge in [0.25, 0.3) is 5.91 Å². The Morgan fingerprint density at radius 3 is 2.60 bits per heavy atom. The van der Waals surface area contributed by atoms with Crippen LogP contribution in [-0.4, -0.2) is 15.3 Å². The van der Waals surface area contributed by atoms with Crippen LogP contribution in [0.1, 0.15) is 5.76 Å². The number of carbonyl (C=O) groups is 1. The standard InChI is InChI=1S/C14H9NO3S2/c16-9-3-1-8(2-4-9)11-6-5-10(18-11)7-12-13(17)15-14(19)20-12/h1-7,16H,(H,15,17,19). The molecular weight excluding hydrogens is 294 g/mol. The molecule has 1 aromatic carbocycles. The van der Waals surface area contributed by atoms with Crippen LogP contribution in [0.15, 0.2) is 45.7 Å². The lowest BCUT2D eigenvalue weighted by molar-refractivity contribution is -0.115. The Hall–Kier alpha value is -2.05. The van der Waals surface area contributed by atoms with Gasteiger partial charge in [-0.05, 0) is 36.4 Å². The van der Waals surface area contributed by atoms with Crippen molar-refractivity contribution >= 4 is 40.3 Å². The predicted molar refractivity (Wildman–Crippen MR) is 82.1 cm³/mol. The first kappa shape index (κ1) is 13.0. The van der Waals surface area contributed by atoms with E-state index < -0.39 is 0 Å². The lowest BCUT2D eigenvalue weighted by Crippen LogP contribution is -2.17. The molecule has 0 atom stereocenters. The molecule has 100 valence electrons. The molecule has 2 aromatic rings. The van der Waals surface area contributed by atoms with Crippen LogP contribution in [0.2, 0.25) is 0 Å². The third-order valence-electron chi connectivity index (χ3n) is 2.69. The molecule has 1 aromatic heterocycles. The minimum Gasteiger partial charge on any atom is -0.508 e. The van der Waals surface area contributed by atoms with Gasteiger partial charge in [0, 0.05) is 11.6 Å². The lowest BCUT2D eigenvalue weighted by atomic mass is 10.2. The number of hydrogen-bond donors (Lipinski definition) is 2. The molecule has 2 N–H and O–H groups in total. The van der Waals surface area contributed by atoms with Gasteiger partial charge in [0.15, 0.2) is 0 Å². The van der Waals surface area contributed by atoms with Gasteiger partial charge in [0.05, 0.1) is 4.91 Å². The topological polar surface area (TPSA) is 62.5 Å². The Labute approximate surface area is 124 Å². The second-order valence-electron chi connectivity index (χ2n) is 4.10. The summed E-state index contributed by atoms with van der Waals surface area (Å²) in [6.45, 7) is 0. The quantitative estimate of drug-likeness (QED) is 0.659. The number of amides is 1. The summed E-state index contributed by atoms with van der Waals surface area (Å²) in [5.74, 6) is 1.25. The molecular formula is C14H9NO3S2. The number of phenolic OH excluding ortho intramolecular Hbond substituents is 1. The van der Waals surface area contributed by atoms with Crippen molar-refractivity contribution in [2.45, 2.75) is 0 Å². The first-order chi connectivity index (χ1) is 9.61. The van der Waals surface area contributed by atoms with E-state index in [2.05, 4.69) is 5.32 Å². The number of thiocarbonyl (C=S) groups is 1. The molecule has 0 spiro atoms. The molecule has 4 nitrogen and oxygen atoms in total. The van der Waals surface area contributed by atoms with Crippen LogP contribution in [-0.2, 0) is 4.79 Å². The molecule has 0 unspecified atom stereocenters. The van der Waals surface area contributed by atoms with E-state index in [1.54, 1.807) is 36.4 Å². The normalized spacial score (nSPS) is 16.7. The molecule has 1 saturated heterocycles. The SMILES string of the molecule is O=C1NC(=S)SC1=Cc1ccc(-c2ccc(O)cc2)o1. The fourth-order valence-corrected chi connectivity index (χ4v) is 2.79. The van der Waals surface area contributed by atoms with Crippen molar-refractivity contribution in [2.75, 3.05) is 0 Å². The van der Waals surface area contributed by atoms with E-state index in [1.165, 1.54) is 11.8 Å². The third-order valence-corrected chi connectivity index (χ3v) is 3.86. The van der Waals surface area contributed by atoms with E-state index in [1.807, 2.05) is 6.07 Å². The Morgan fingerprint density at radius 1 is 1.20 bits per heavy atom. The smallest absolute Gasteiger partial charge is 0.263 e. The highest BCUT2D eigenvalue weighted by Gasteiger charge is 2.22. The van der Waals surface area contributed by atoms with Gasteiger partial charge in [-0.3, -0.25) is 4.79 Å². The van der Waals surface area contributed by atoms with Crippen LogP contribution in [0.25, 0.3) is 17.4 Å². The van der Waals surface area contributed by atoms with E-state index in [4.69, 9.17) is 16.6 Å². The monoisotopic (exact) mass is 303 g/mol. The molecule has 3 rings (SSSR count). The highest BCUT2D eigenvalue weighted by Crippen LogP contribution is 2.29. The second kappa shape index (κ2) is 5.15. The number of hydrogen-bond acceptors (Lipinski definition) is 5. The molecule has 6 heteroatoms. The van der Waals surface area contributed by atoms with Crippen LogP contribution in [0.4, 0.5) is 0 Å². The van der Waals surface area contributed by atoms with Crippen LogP contribution in [0.3, 0.4) is 0 Å². The minimum atomic E-state index is -0.206. The van der Waals surface area contributed by atoms with E-state index in [-0.39, 0.29) is 11.7 Å². The summed E-state index contributed by atoms with van der Waals surface area (Å²) in [6, 6.07) is 10.3. The van der Waals surface area contributed by atoms with E-state index in [0.29, 0.717) is 20.7 Å². The Kier molecular flexibility index (Phi) is 3.33. The summed E-state index contributed by atoms with van der Waals surface area (Å²) in [4.78, 5) is 12.1. The maximum atomic E-state index is 11.5. The number of thioether (sulfide) groups is 1. The summed E-state index contributed by atoms with van der Waals surface area (Å²) in [5, 5.41) is 11.8. The molecule has 1 fully saturated rings. The van der Waals surface area contributed by atoms with Gasteiger partial charge in [-0.2, -0.15) is 0 Å². The van der Waals surface area contributed by atoms with E-state index in [0.717, 1.165) is 5.56 Å². The Balaban J connectivity index is 1.87. The molecule has 0 saturated carbocycles. The van der Waals surface area contributed by atoms with Crippen molar-refractivity contribution < 1.29 is 14.3 Å². The molecule has 1 amide bonds. The largest absolute Gasteiger partial charge is 0.508 e. The first-order valence-electron chi connectivity index (χ1n) is 5.76. The number of carbonyl (C=O) groups excluding carboxylic acids is 1. The zero-order valence-electron chi connectivity index (χ0n) is 10.1. The molecule has 0 bridgehead atoms. The first-order valence-corrected chi connectivity index (χ1v) is 6.98. The van der Waals surface area contributed by atoms with Crippen LogP contribution >= 0.6 is 24.0 Å². The van der Waals surface area contributed by atoms with Crippen molar-refractivity contribution in [1.29, 1.82) is 0 Å². The maximum absolute atomic E-state index is 11.5. The number of rotatable bonds is 2. The predicted octanol–water partition coefficient (Wildman–Crippen LogP) is 3.14. The summed E-state index contributed by atoms with van der Waals surface area (Å²) in [6.07, 6.45) is 1.66. The number of aromatic hydroxyl groups is 1. The number of nitrogens with one attached hydrogen (secondary N) is 1. The highest BCUT2D eigenvalue weighted by atomic mass is 32.2. The second-order valence-corrected chi connectivity index (χ2v) is 5.82. The molecule has 1 aliphatic heterocycles. The van der Waals surface area contributed by atoms with Crippen molar-refractivity contribution in [2.24, 2.45) is 0 Å². The molecule has 1 aliphatic rings. The van der Waals surface area contributed by atoms with Crippen LogP contribution < -0.4 is 5.32 Å². The van der Waals surface area contributed by atoms with Crippen LogP contribution in [0.5, 0.6) is 5.75 Å². The summed E-state index contributed by atoms with van der Waals surface area (Å²) in [5.41, 5.74) is 0.853. The van der Waals surface area contributed by atoms with Crippen molar-refractivity contribution in [3.63, 3.8) is 0 Å². The number of furan rings is 1. The zero-order chi connectivity index (χ0) is 14.1. The molecule has 20 heavy (non-hydrogen) atoms. The highest BCUT2D eigenvalue weighted by molar-refractivity contribution is 8.26. The number of benzene rings is 1. The van der Waals surface area contributed by atoms with Gasteiger partial charge in [-0.15, -0.1) is 0 Å². The zero-order valence-corrected chi connectivity index (χ0v) is 11.8. The average Bonchev–Trinajstić information content (AvgIpc) is 2.98. The van der Waals surface area contributed by atoms with Gasteiger partial charge in [0.1, 0.15) is 21.6 Å². The Bertz CT molecular complexity index is 716. The van der Waals surface area contributed by atoms with Gasteiger partial charge in [-0.1, -0.05) is 24.0 Å². The van der Waals surface area contributed by atoms with Crippen molar-refractivity contribution in [3.05, 3.63) is 47.1 Å². The van der Waals surface area contributed by atoms with Gasteiger partial charge in [0.2, 0.25) is 0 Å². The fourth-order valence-electron chi connectivity index (χ4n) is 1.76. The van der Waals surface area contributed by atoms with Gasteiger partial charge < -0.3 is 14.8 Å². The summed E-state index contributed by atoms with van der Waals surface area (Å²) < 4.78 is 6.11. The van der Waals surface area contributed by atoms with Gasteiger partial charge in [-0.25, -0.2) is 0 Å². The third kappa shape index (κ3) is 2.61. The van der Waals surface area contributed by atoms with Crippen molar-refractivity contribution in [1.82, 2.24) is 5.32 Å². The molecule has 2 heterocycles. The summed E-state index contributed by atoms with van der Waals surface area (Å²) >= 11 is 6.13. The van der Waals surface area contributed by atoms with Crippen molar-refractivity contribution in [3.8, 4) is 17.1 Å².